The predicted octanol–water partition coefficient (Wildman–Crippen LogP) is 3.06. The Labute approximate surface area is 149 Å². The van der Waals surface area contributed by atoms with Crippen molar-refractivity contribution in [2.75, 3.05) is 12.9 Å². The van der Waals surface area contributed by atoms with Gasteiger partial charge in [-0.15, -0.1) is 0 Å². The van der Waals surface area contributed by atoms with Crippen molar-refractivity contribution in [3.8, 4) is 0 Å². The molecule has 136 valence electrons. The number of esters is 1. The quantitative estimate of drug-likeness (QED) is 0.676. The van der Waals surface area contributed by atoms with Gasteiger partial charge in [0, 0.05) is 12.1 Å². The van der Waals surface area contributed by atoms with E-state index < -0.39 is 5.97 Å². The van der Waals surface area contributed by atoms with Crippen LogP contribution < -0.4 is 5.56 Å². The minimum absolute atomic E-state index is 0.137. The van der Waals surface area contributed by atoms with Crippen LogP contribution in [0.2, 0.25) is 0 Å². The van der Waals surface area contributed by atoms with Crippen molar-refractivity contribution in [2.45, 2.75) is 54.0 Å². The van der Waals surface area contributed by atoms with Gasteiger partial charge < -0.3 is 4.74 Å². The number of hydrogen-bond donors (Lipinski definition) is 1. The van der Waals surface area contributed by atoms with Crippen LogP contribution in [0.3, 0.4) is 0 Å². The molecule has 0 saturated heterocycles. The summed E-state index contributed by atoms with van der Waals surface area (Å²) in [6.45, 7) is 11.8. The number of aryl methyl sites for hydroxylation is 1. The molecule has 0 atom stereocenters. The van der Waals surface area contributed by atoms with Gasteiger partial charge >= 0.3 is 5.97 Å². The van der Waals surface area contributed by atoms with E-state index in [0.717, 1.165) is 11.4 Å². The highest BCUT2D eigenvalue weighted by Crippen LogP contribution is 2.14. The summed E-state index contributed by atoms with van der Waals surface area (Å²) in [6, 6.07) is 1.80. The molecule has 0 aromatic carbocycles. The highest BCUT2D eigenvalue weighted by atomic mass is 32.1. The number of nitrogens with zero attached hydrogens (tertiary/aromatic N) is 3. The second-order valence-electron chi connectivity index (χ2n) is 5.05. The van der Waals surface area contributed by atoms with Crippen LogP contribution in [0.25, 0.3) is 5.52 Å². The Balaban J connectivity index is 0.00000123. The molecule has 0 fully saturated rings. The van der Waals surface area contributed by atoms with E-state index in [2.05, 4.69) is 17.7 Å². The lowest BCUT2D eigenvalue weighted by Gasteiger charge is -2.12. The fraction of sp³-hybridized carbons (Fsp3) is 0.588. The molecule has 0 bridgehead atoms. The molecule has 0 amide bonds. The summed E-state index contributed by atoms with van der Waals surface area (Å²) < 4.78 is 7.85. The Morgan fingerprint density at radius 2 is 1.92 bits per heavy atom. The van der Waals surface area contributed by atoms with Gasteiger partial charge in [-0.2, -0.15) is 17.7 Å². The third-order valence-electron chi connectivity index (χ3n) is 2.98. The molecule has 0 aliphatic heterocycles. The molecule has 0 unspecified atom stereocenters. The summed E-state index contributed by atoms with van der Waals surface area (Å²) in [7, 11) is 0. The van der Waals surface area contributed by atoms with Gasteiger partial charge in [-0.1, -0.05) is 27.7 Å². The molecular weight excluding hydrogens is 326 g/mol. The average Bonchev–Trinajstić information content (AvgIpc) is 2.96. The Morgan fingerprint density at radius 3 is 2.42 bits per heavy atom. The zero-order valence-electron chi connectivity index (χ0n) is 15.7. The summed E-state index contributed by atoms with van der Waals surface area (Å²) in [5, 5.41) is 4.30. The van der Waals surface area contributed by atoms with Gasteiger partial charge in [-0.3, -0.25) is 14.0 Å². The van der Waals surface area contributed by atoms with Crippen LogP contribution >= 0.6 is 12.6 Å². The van der Waals surface area contributed by atoms with Crippen molar-refractivity contribution in [3.05, 3.63) is 34.0 Å². The van der Waals surface area contributed by atoms with Gasteiger partial charge in [0.1, 0.15) is 17.9 Å². The van der Waals surface area contributed by atoms with E-state index in [9.17, 15) is 9.59 Å². The molecule has 0 aliphatic carbocycles. The number of carbonyl (C=O) groups excluding carboxylic acids is 1. The number of ether oxygens (including phenoxy) is 1. The number of carbonyl (C=O) groups is 1. The molecule has 0 radical (unpaired) electrons. The number of hydrogen-bond acceptors (Lipinski definition) is 5. The largest absolute Gasteiger partial charge is 0.465 e. The van der Waals surface area contributed by atoms with Gasteiger partial charge in [0.15, 0.2) is 0 Å². The average molecular weight is 356 g/mol. The molecular formula is C17H29N3O3S. The first kappa shape index (κ1) is 22.2. The third-order valence-corrected chi connectivity index (χ3v) is 2.98. The number of fused-ring (bicyclic) bond motifs is 1. The number of thiol groups is 1. The van der Waals surface area contributed by atoms with Crippen LogP contribution in [0.15, 0.2) is 17.1 Å². The van der Waals surface area contributed by atoms with Crippen molar-refractivity contribution < 1.29 is 9.53 Å². The van der Waals surface area contributed by atoms with E-state index in [0.29, 0.717) is 5.52 Å². The Bertz CT molecular complexity index is 705. The van der Waals surface area contributed by atoms with Gasteiger partial charge in [0.2, 0.25) is 0 Å². The topological polar surface area (TPSA) is 65.6 Å². The molecule has 0 saturated carbocycles. The van der Waals surface area contributed by atoms with Crippen molar-refractivity contribution in [3.63, 3.8) is 0 Å². The van der Waals surface area contributed by atoms with Crippen LogP contribution in [0.4, 0.5) is 0 Å². The lowest BCUT2D eigenvalue weighted by molar-refractivity contribution is -0.144. The summed E-state index contributed by atoms with van der Waals surface area (Å²) in [6.07, 6.45) is 3.58. The second-order valence-corrected chi connectivity index (χ2v) is 5.05. The van der Waals surface area contributed by atoms with Crippen LogP contribution in [0, 0.1) is 6.92 Å². The molecule has 0 N–H and O–H groups in total. The summed E-state index contributed by atoms with van der Waals surface area (Å²) in [4.78, 5) is 23.9. The smallest absolute Gasteiger partial charge is 0.327 e. The SMILES string of the molecule is CC.CCOC(=O)Cn1nc(C(C)C)n2cc(C)cc2c1=O.CS. The third kappa shape index (κ3) is 5.40. The predicted molar refractivity (Wildman–Crippen MR) is 101 cm³/mol. The van der Waals surface area contributed by atoms with Gasteiger partial charge in [0.05, 0.1) is 6.61 Å². The Hall–Kier alpha value is -1.76. The molecule has 2 heterocycles. The Morgan fingerprint density at radius 1 is 1.33 bits per heavy atom. The molecule has 24 heavy (non-hydrogen) atoms. The summed E-state index contributed by atoms with van der Waals surface area (Å²) in [5.74, 6) is 0.430. The van der Waals surface area contributed by atoms with Crippen molar-refractivity contribution in [1.82, 2.24) is 14.2 Å². The van der Waals surface area contributed by atoms with E-state index in [1.807, 2.05) is 40.8 Å². The zero-order chi connectivity index (χ0) is 18.9. The molecule has 0 spiro atoms. The first-order chi connectivity index (χ1) is 11.4. The van der Waals surface area contributed by atoms with Crippen LogP contribution in [0.1, 0.15) is 51.9 Å². The maximum Gasteiger partial charge on any atom is 0.327 e. The standard InChI is InChI=1S/C14H19N3O3.C2H6.CH4S/c1-5-20-12(18)8-17-14(19)11-6-10(4)7-16(11)13(15-17)9(2)3;2*1-2/h6-7,9H,5,8H2,1-4H3;1-2H3;2H,1H3. The van der Waals surface area contributed by atoms with E-state index in [1.165, 1.54) is 4.68 Å². The normalized spacial score (nSPS) is 9.88. The lowest BCUT2D eigenvalue weighted by Crippen LogP contribution is -2.30. The summed E-state index contributed by atoms with van der Waals surface area (Å²) in [5.41, 5.74) is 1.24. The van der Waals surface area contributed by atoms with Crippen LogP contribution in [0.5, 0.6) is 0 Å². The highest BCUT2D eigenvalue weighted by molar-refractivity contribution is 7.79. The molecule has 7 heteroatoms. The monoisotopic (exact) mass is 355 g/mol. The minimum atomic E-state index is -0.454. The maximum atomic E-state index is 12.3. The molecule has 6 nitrogen and oxygen atoms in total. The number of aromatic nitrogens is 3. The van der Waals surface area contributed by atoms with Crippen LogP contribution in [-0.2, 0) is 16.1 Å². The van der Waals surface area contributed by atoms with Crippen LogP contribution in [-0.4, -0.2) is 33.0 Å². The fourth-order valence-electron chi connectivity index (χ4n) is 2.13. The Kier molecular flexibility index (Phi) is 10.1. The van der Waals surface area contributed by atoms with Crippen molar-refractivity contribution in [1.29, 1.82) is 0 Å². The summed E-state index contributed by atoms with van der Waals surface area (Å²) >= 11 is 3.53. The number of rotatable bonds is 4. The van der Waals surface area contributed by atoms with Gasteiger partial charge in [-0.25, -0.2) is 4.68 Å². The molecule has 2 rings (SSSR count). The van der Waals surface area contributed by atoms with Crippen molar-refractivity contribution >= 4 is 24.1 Å². The van der Waals surface area contributed by atoms with E-state index in [-0.39, 0.29) is 24.6 Å². The van der Waals surface area contributed by atoms with Gasteiger partial charge in [-0.05, 0) is 31.7 Å². The molecule has 2 aromatic heterocycles. The van der Waals surface area contributed by atoms with E-state index in [4.69, 9.17) is 4.74 Å². The maximum absolute atomic E-state index is 12.3. The van der Waals surface area contributed by atoms with E-state index >= 15 is 0 Å². The zero-order valence-corrected chi connectivity index (χ0v) is 16.6. The van der Waals surface area contributed by atoms with Crippen molar-refractivity contribution in [2.24, 2.45) is 0 Å². The molecule has 2 aromatic rings. The fourth-order valence-corrected chi connectivity index (χ4v) is 2.13. The first-order valence-electron chi connectivity index (χ1n) is 8.14. The second kappa shape index (κ2) is 10.9. The highest BCUT2D eigenvalue weighted by Gasteiger charge is 2.15. The lowest BCUT2D eigenvalue weighted by atomic mass is 10.2. The van der Waals surface area contributed by atoms with Gasteiger partial charge in [0.25, 0.3) is 5.56 Å². The minimum Gasteiger partial charge on any atom is -0.465 e. The molecule has 0 aliphatic rings. The van der Waals surface area contributed by atoms with E-state index in [1.54, 1.807) is 23.6 Å². The first-order valence-corrected chi connectivity index (χ1v) is 9.03.